The van der Waals surface area contributed by atoms with E-state index in [1.54, 1.807) is 12.1 Å². The Bertz CT molecular complexity index is 421. The lowest BCUT2D eigenvalue weighted by Gasteiger charge is -2.17. The molecule has 1 rings (SSSR count). The number of hydrogen-bond acceptors (Lipinski definition) is 3. The second kappa shape index (κ2) is 6.73. The number of halogens is 1. The molecule has 0 saturated carbocycles. The number of nitrogens with zero attached hydrogens (tertiary/aromatic N) is 1. The summed E-state index contributed by atoms with van der Waals surface area (Å²) < 4.78 is 4.99. The van der Waals surface area contributed by atoms with Crippen molar-refractivity contribution >= 4 is 21.6 Å². The average molecular weight is 316 g/mol. The third-order valence-corrected chi connectivity index (χ3v) is 3.86. The molecule has 5 heteroatoms. The minimum Gasteiger partial charge on any atom is -0.490 e. The molecule has 4 nitrogen and oxygen atoms in total. The molecule has 100 valence electrons. The van der Waals surface area contributed by atoms with Gasteiger partial charge in [-0.05, 0) is 24.0 Å². The predicted molar refractivity (Wildman–Crippen MR) is 75.5 cm³/mol. The lowest BCUT2D eigenvalue weighted by atomic mass is 9.94. The smallest absolute Gasteiger partial charge is 0.311 e. The number of alkyl halides is 1. The standard InChI is InChI=1S/C13H18BrNO3/c1-4-11(9(2)14)7-10-5-6-13(18-3)12(8-10)15(16)17/h5-6,8-9,11H,4,7H2,1-3H3. The third kappa shape index (κ3) is 3.70. The molecular weight excluding hydrogens is 298 g/mol. The van der Waals surface area contributed by atoms with E-state index in [1.807, 2.05) is 6.07 Å². The first-order valence-corrected chi connectivity index (χ1v) is 6.86. The Kier molecular flexibility index (Phi) is 5.59. The van der Waals surface area contributed by atoms with E-state index in [-0.39, 0.29) is 5.69 Å². The van der Waals surface area contributed by atoms with Gasteiger partial charge in [0.05, 0.1) is 12.0 Å². The molecule has 1 aromatic rings. The van der Waals surface area contributed by atoms with E-state index in [0.717, 1.165) is 18.4 Å². The maximum Gasteiger partial charge on any atom is 0.311 e. The Morgan fingerprint density at radius 1 is 1.50 bits per heavy atom. The molecule has 2 unspecified atom stereocenters. The molecule has 0 spiro atoms. The Balaban J connectivity index is 2.97. The van der Waals surface area contributed by atoms with Gasteiger partial charge < -0.3 is 4.74 Å². The highest BCUT2D eigenvalue weighted by atomic mass is 79.9. The number of methoxy groups -OCH3 is 1. The van der Waals surface area contributed by atoms with Gasteiger partial charge in [0.1, 0.15) is 0 Å². The van der Waals surface area contributed by atoms with Crippen molar-refractivity contribution in [2.75, 3.05) is 7.11 Å². The number of hydrogen-bond donors (Lipinski definition) is 0. The minimum absolute atomic E-state index is 0.0343. The molecule has 0 fully saturated rings. The minimum atomic E-state index is -0.402. The second-order valence-electron chi connectivity index (χ2n) is 4.31. The molecule has 0 saturated heterocycles. The first-order valence-electron chi connectivity index (χ1n) is 5.95. The Morgan fingerprint density at radius 3 is 2.61 bits per heavy atom. The molecule has 0 aromatic heterocycles. The van der Waals surface area contributed by atoms with Crippen LogP contribution in [0.25, 0.3) is 0 Å². The van der Waals surface area contributed by atoms with Crippen molar-refractivity contribution < 1.29 is 9.66 Å². The van der Waals surface area contributed by atoms with Crippen LogP contribution in [0.5, 0.6) is 5.75 Å². The lowest BCUT2D eigenvalue weighted by Crippen LogP contribution is -2.13. The Hall–Kier alpha value is -1.10. The van der Waals surface area contributed by atoms with Crippen molar-refractivity contribution in [3.63, 3.8) is 0 Å². The van der Waals surface area contributed by atoms with E-state index in [1.165, 1.54) is 7.11 Å². The lowest BCUT2D eigenvalue weighted by molar-refractivity contribution is -0.385. The van der Waals surface area contributed by atoms with Crippen LogP contribution in [0.1, 0.15) is 25.8 Å². The molecule has 0 aliphatic heterocycles. The zero-order chi connectivity index (χ0) is 13.7. The van der Waals surface area contributed by atoms with Crippen molar-refractivity contribution in [2.24, 2.45) is 5.92 Å². The van der Waals surface area contributed by atoms with Crippen molar-refractivity contribution in [1.29, 1.82) is 0 Å². The number of benzene rings is 1. The first-order chi connectivity index (χ1) is 8.49. The maximum absolute atomic E-state index is 10.9. The molecule has 0 bridgehead atoms. The summed E-state index contributed by atoms with van der Waals surface area (Å²) in [6.07, 6.45) is 1.86. The molecule has 1 aromatic carbocycles. The maximum atomic E-state index is 10.9. The highest BCUT2D eigenvalue weighted by Crippen LogP contribution is 2.30. The van der Waals surface area contributed by atoms with Gasteiger partial charge in [0.25, 0.3) is 0 Å². The highest BCUT2D eigenvalue weighted by Gasteiger charge is 2.18. The van der Waals surface area contributed by atoms with Crippen molar-refractivity contribution in [3.8, 4) is 5.75 Å². The molecule has 0 aliphatic rings. The van der Waals surface area contributed by atoms with Crippen LogP contribution in [-0.4, -0.2) is 16.9 Å². The van der Waals surface area contributed by atoms with Crippen LogP contribution in [-0.2, 0) is 6.42 Å². The molecule has 0 N–H and O–H groups in total. The van der Waals surface area contributed by atoms with Crippen LogP contribution in [0.2, 0.25) is 0 Å². The number of ether oxygens (including phenoxy) is 1. The summed E-state index contributed by atoms with van der Waals surface area (Å²) in [4.78, 5) is 10.9. The fourth-order valence-corrected chi connectivity index (χ4v) is 2.50. The fourth-order valence-electron chi connectivity index (χ4n) is 1.94. The van der Waals surface area contributed by atoms with Gasteiger partial charge in [-0.3, -0.25) is 10.1 Å². The van der Waals surface area contributed by atoms with Crippen LogP contribution >= 0.6 is 15.9 Å². The normalized spacial score (nSPS) is 14.0. The quantitative estimate of drug-likeness (QED) is 0.453. The molecule has 0 aliphatic carbocycles. The SMILES string of the molecule is CCC(Cc1ccc(OC)c([N+](=O)[O-])c1)C(C)Br. The van der Waals surface area contributed by atoms with E-state index in [4.69, 9.17) is 4.74 Å². The van der Waals surface area contributed by atoms with Crippen LogP contribution in [0.4, 0.5) is 5.69 Å². The van der Waals surface area contributed by atoms with E-state index in [9.17, 15) is 10.1 Å². The average Bonchev–Trinajstić information content (AvgIpc) is 2.35. The van der Waals surface area contributed by atoms with E-state index in [2.05, 4.69) is 29.8 Å². The Morgan fingerprint density at radius 2 is 2.17 bits per heavy atom. The Labute approximate surface area is 116 Å². The third-order valence-electron chi connectivity index (χ3n) is 3.11. The van der Waals surface area contributed by atoms with Crippen LogP contribution in [0.15, 0.2) is 18.2 Å². The molecular formula is C13H18BrNO3. The van der Waals surface area contributed by atoms with E-state index in [0.29, 0.717) is 16.5 Å². The van der Waals surface area contributed by atoms with Crippen molar-refractivity contribution in [1.82, 2.24) is 0 Å². The van der Waals surface area contributed by atoms with E-state index >= 15 is 0 Å². The van der Waals surface area contributed by atoms with Crippen molar-refractivity contribution in [3.05, 3.63) is 33.9 Å². The zero-order valence-corrected chi connectivity index (χ0v) is 12.4. The van der Waals surface area contributed by atoms with Crippen molar-refractivity contribution in [2.45, 2.75) is 31.5 Å². The van der Waals surface area contributed by atoms with Gasteiger partial charge in [-0.25, -0.2) is 0 Å². The summed E-state index contributed by atoms with van der Waals surface area (Å²) in [5.74, 6) is 0.779. The largest absolute Gasteiger partial charge is 0.490 e. The molecule has 18 heavy (non-hydrogen) atoms. The fraction of sp³-hybridized carbons (Fsp3) is 0.538. The van der Waals surface area contributed by atoms with Gasteiger partial charge in [-0.15, -0.1) is 0 Å². The van der Waals surface area contributed by atoms with Gasteiger partial charge >= 0.3 is 5.69 Å². The van der Waals surface area contributed by atoms with Gasteiger partial charge in [0.15, 0.2) is 5.75 Å². The monoisotopic (exact) mass is 315 g/mol. The number of nitro benzene ring substituents is 1. The molecule has 0 amide bonds. The zero-order valence-electron chi connectivity index (χ0n) is 10.9. The summed E-state index contributed by atoms with van der Waals surface area (Å²) in [7, 11) is 1.44. The summed E-state index contributed by atoms with van der Waals surface area (Å²) in [5, 5.41) is 10.9. The topological polar surface area (TPSA) is 52.4 Å². The second-order valence-corrected chi connectivity index (χ2v) is 5.76. The number of rotatable bonds is 6. The summed E-state index contributed by atoms with van der Waals surface area (Å²) in [5.41, 5.74) is 1.01. The van der Waals surface area contributed by atoms with Gasteiger partial charge in [-0.1, -0.05) is 42.3 Å². The first kappa shape index (κ1) is 15.0. The summed E-state index contributed by atoms with van der Waals surface area (Å²) in [6, 6.07) is 5.17. The van der Waals surface area contributed by atoms with Gasteiger partial charge in [0, 0.05) is 10.9 Å². The molecule has 2 atom stereocenters. The van der Waals surface area contributed by atoms with Crippen LogP contribution in [0, 0.1) is 16.0 Å². The van der Waals surface area contributed by atoms with Gasteiger partial charge in [0.2, 0.25) is 0 Å². The number of nitro groups is 1. The molecule has 0 radical (unpaired) electrons. The van der Waals surface area contributed by atoms with Crippen LogP contribution < -0.4 is 4.74 Å². The van der Waals surface area contributed by atoms with Crippen LogP contribution in [0.3, 0.4) is 0 Å². The predicted octanol–water partition coefficient (Wildman–Crippen LogP) is 3.96. The summed E-state index contributed by atoms with van der Waals surface area (Å²) in [6.45, 7) is 4.23. The highest BCUT2D eigenvalue weighted by molar-refractivity contribution is 9.09. The summed E-state index contributed by atoms with van der Waals surface area (Å²) >= 11 is 3.58. The van der Waals surface area contributed by atoms with E-state index < -0.39 is 4.92 Å². The van der Waals surface area contributed by atoms with Gasteiger partial charge in [-0.2, -0.15) is 0 Å². The molecule has 0 heterocycles.